The molecule has 3 rings (SSSR count). The second kappa shape index (κ2) is 4.46. The minimum absolute atomic E-state index is 0.0210. The van der Waals surface area contributed by atoms with Crippen molar-refractivity contribution in [2.45, 2.75) is 23.6 Å². The standard InChI is InChI=1S/C13H11Cl2FINO/c14-13(15)6-12(3-4-12)7-18(11(13)19)10-2-1-8(17)5-9(10)16/h1-2,5H,3-4,6-7H2. The molecule has 2 fully saturated rings. The Morgan fingerprint density at radius 2 is 2.00 bits per heavy atom. The van der Waals surface area contributed by atoms with Crippen molar-refractivity contribution >= 4 is 57.4 Å². The molecule has 6 heteroatoms. The van der Waals surface area contributed by atoms with E-state index in [1.54, 1.807) is 12.1 Å². The van der Waals surface area contributed by atoms with Gasteiger partial charge in [-0.25, -0.2) is 4.39 Å². The zero-order chi connectivity index (χ0) is 13.8. The number of amides is 1. The van der Waals surface area contributed by atoms with Gasteiger partial charge in [0, 0.05) is 10.1 Å². The number of carbonyl (C=O) groups excluding carboxylic acids is 1. The van der Waals surface area contributed by atoms with E-state index in [0.717, 1.165) is 16.4 Å². The molecule has 1 saturated heterocycles. The van der Waals surface area contributed by atoms with E-state index in [4.69, 9.17) is 23.2 Å². The van der Waals surface area contributed by atoms with E-state index < -0.39 is 16.1 Å². The van der Waals surface area contributed by atoms with Crippen molar-refractivity contribution in [2.24, 2.45) is 5.41 Å². The first-order chi connectivity index (χ1) is 8.83. The summed E-state index contributed by atoms with van der Waals surface area (Å²) >= 11 is 14.3. The number of benzene rings is 1. The molecule has 1 aromatic rings. The summed E-state index contributed by atoms with van der Waals surface area (Å²) in [5, 5.41) is 0. The summed E-state index contributed by atoms with van der Waals surface area (Å²) in [7, 11) is 0. The molecule has 0 N–H and O–H groups in total. The summed E-state index contributed by atoms with van der Waals surface area (Å²) < 4.78 is 13.4. The third-order valence-corrected chi connectivity index (χ3v) is 5.07. The maximum Gasteiger partial charge on any atom is 0.263 e. The van der Waals surface area contributed by atoms with Crippen molar-refractivity contribution in [3.63, 3.8) is 0 Å². The normalized spacial score (nSPS) is 23.8. The Balaban J connectivity index is 2.00. The highest BCUT2D eigenvalue weighted by Gasteiger charge is 2.57. The molecule has 19 heavy (non-hydrogen) atoms. The monoisotopic (exact) mass is 413 g/mol. The first kappa shape index (κ1) is 13.9. The first-order valence-corrected chi connectivity index (χ1v) is 7.81. The third-order valence-electron chi connectivity index (χ3n) is 3.81. The lowest BCUT2D eigenvalue weighted by molar-refractivity contribution is -0.121. The average Bonchev–Trinajstić information content (AvgIpc) is 3.03. The van der Waals surface area contributed by atoms with E-state index in [9.17, 15) is 9.18 Å². The van der Waals surface area contributed by atoms with Crippen LogP contribution in [0.3, 0.4) is 0 Å². The van der Waals surface area contributed by atoms with E-state index in [-0.39, 0.29) is 11.1 Å². The molecule has 2 aliphatic rings. The molecule has 1 heterocycles. The minimum atomic E-state index is -1.44. The van der Waals surface area contributed by atoms with Crippen LogP contribution in [-0.2, 0) is 4.79 Å². The van der Waals surface area contributed by atoms with Gasteiger partial charge < -0.3 is 4.90 Å². The summed E-state index contributed by atoms with van der Waals surface area (Å²) in [6.07, 6.45) is 2.44. The van der Waals surface area contributed by atoms with Crippen molar-refractivity contribution in [1.29, 1.82) is 0 Å². The van der Waals surface area contributed by atoms with Crippen LogP contribution in [0.15, 0.2) is 18.2 Å². The highest BCUT2D eigenvalue weighted by molar-refractivity contribution is 14.1. The fraction of sp³-hybridized carbons (Fsp3) is 0.462. The van der Waals surface area contributed by atoms with Crippen molar-refractivity contribution in [1.82, 2.24) is 0 Å². The lowest BCUT2D eigenvalue weighted by Gasteiger charge is -2.39. The van der Waals surface area contributed by atoms with Crippen molar-refractivity contribution < 1.29 is 9.18 Å². The number of hydrogen-bond acceptors (Lipinski definition) is 1. The number of nitrogens with zero attached hydrogens (tertiary/aromatic N) is 1. The molecule has 2 nitrogen and oxygen atoms in total. The van der Waals surface area contributed by atoms with Crippen LogP contribution in [0.4, 0.5) is 10.1 Å². The molecule has 1 aliphatic carbocycles. The predicted octanol–water partition coefficient (Wildman–Crippen LogP) is 4.12. The van der Waals surface area contributed by atoms with Gasteiger partial charge in [0.2, 0.25) is 0 Å². The Labute approximate surface area is 134 Å². The van der Waals surface area contributed by atoms with Gasteiger partial charge in [-0.05, 0) is 65.5 Å². The number of hydrogen-bond donors (Lipinski definition) is 0. The van der Waals surface area contributed by atoms with Crippen LogP contribution in [0.25, 0.3) is 0 Å². The highest BCUT2D eigenvalue weighted by atomic mass is 127. The smallest absolute Gasteiger partial charge is 0.263 e. The zero-order valence-electron chi connectivity index (χ0n) is 9.93. The van der Waals surface area contributed by atoms with Crippen LogP contribution < -0.4 is 4.90 Å². The molecule has 1 amide bonds. The summed E-state index contributed by atoms with van der Waals surface area (Å²) in [6, 6.07) is 4.78. The number of rotatable bonds is 1. The van der Waals surface area contributed by atoms with Crippen molar-refractivity contribution in [3.8, 4) is 0 Å². The Bertz CT molecular complexity index is 560. The maximum atomic E-state index is 14.0. The van der Waals surface area contributed by atoms with Gasteiger partial charge in [0.25, 0.3) is 5.91 Å². The quantitative estimate of drug-likeness (QED) is 0.501. The first-order valence-electron chi connectivity index (χ1n) is 5.98. The van der Waals surface area contributed by atoms with Crippen LogP contribution in [0, 0.1) is 14.8 Å². The second-order valence-corrected chi connectivity index (χ2v) is 8.10. The van der Waals surface area contributed by atoms with Crippen LogP contribution in [0.2, 0.25) is 0 Å². The van der Waals surface area contributed by atoms with Gasteiger partial charge in [-0.15, -0.1) is 0 Å². The number of halogens is 4. The van der Waals surface area contributed by atoms with Crippen LogP contribution >= 0.6 is 45.8 Å². The predicted molar refractivity (Wildman–Crippen MR) is 82.2 cm³/mol. The minimum Gasteiger partial charge on any atom is -0.306 e. The van der Waals surface area contributed by atoms with Gasteiger partial charge in [-0.1, -0.05) is 23.2 Å². The highest BCUT2D eigenvalue weighted by Crippen LogP contribution is 2.57. The molecule has 0 aromatic heterocycles. The van der Waals surface area contributed by atoms with Gasteiger partial charge in [0.1, 0.15) is 5.82 Å². The van der Waals surface area contributed by atoms with Crippen molar-refractivity contribution in [3.05, 3.63) is 27.6 Å². The molecule has 0 radical (unpaired) electrons. The lowest BCUT2D eigenvalue weighted by Crippen LogP contribution is -2.52. The Morgan fingerprint density at radius 3 is 2.58 bits per heavy atom. The molecular weight excluding hydrogens is 403 g/mol. The maximum absolute atomic E-state index is 14.0. The molecule has 0 bridgehead atoms. The molecule has 1 spiro atoms. The zero-order valence-corrected chi connectivity index (χ0v) is 13.6. The molecule has 0 unspecified atom stereocenters. The number of piperidine rings is 1. The van der Waals surface area contributed by atoms with Gasteiger partial charge >= 0.3 is 0 Å². The van der Waals surface area contributed by atoms with Crippen LogP contribution in [0.5, 0.6) is 0 Å². The van der Waals surface area contributed by atoms with E-state index in [2.05, 4.69) is 0 Å². The van der Waals surface area contributed by atoms with Gasteiger partial charge in [-0.2, -0.15) is 0 Å². The summed E-state index contributed by atoms with van der Waals surface area (Å²) in [4.78, 5) is 13.7. The molecule has 1 aromatic carbocycles. The molecule has 102 valence electrons. The number of carbonyl (C=O) groups is 1. The molecule has 0 atom stereocenters. The molecule has 1 saturated carbocycles. The van der Waals surface area contributed by atoms with E-state index >= 15 is 0 Å². The fourth-order valence-corrected chi connectivity index (χ4v) is 3.84. The molecular formula is C13H11Cl2FINO. The van der Waals surface area contributed by atoms with Gasteiger partial charge in [-0.3, -0.25) is 4.79 Å². The second-order valence-electron chi connectivity index (χ2n) is 5.37. The lowest BCUT2D eigenvalue weighted by atomic mass is 9.93. The molecule has 1 aliphatic heterocycles. The van der Waals surface area contributed by atoms with Gasteiger partial charge in [0.05, 0.1) is 5.69 Å². The largest absolute Gasteiger partial charge is 0.306 e. The SMILES string of the molecule is O=C1N(c2ccc(I)cc2F)CC2(CC2)CC1(Cl)Cl. The Hall–Kier alpha value is -0.0700. The fourth-order valence-electron chi connectivity index (χ4n) is 2.61. The number of alkyl halides is 2. The Morgan fingerprint density at radius 1 is 1.32 bits per heavy atom. The van der Waals surface area contributed by atoms with Gasteiger partial charge in [0.15, 0.2) is 4.33 Å². The van der Waals surface area contributed by atoms with Crippen molar-refractivity contribution in [2.75, 3.05) is 11.4 Å². The summed E-state index contributed by atoms with van der Waals surface area (Å²) in [5.41, 5.74) is 0.245. The van der Waals surface area contributed by atoms with E-state index in [0.29, 0.717) is 13.0 Å². The third kappa shape index (κ3) is 2.47. The van der Waals surface area contributed by atoms with Crippen LogP contribution in [-0.4, -0.2) is 16.8 Å². The average molecular weight is 414 g/mol. The van der Waals surface area contributed by atoms with E-state index in [1.165, 1.54) is 11.0 Å². The number of anilines is 1. The summed E-state index contributed by atoms with van der Waals surface area (Å²) in [6.45, 7) is 0.504. The summed E-state index contributed by atoms with van der Waals surface area (Å²) in [5.74, 6) is -0.837. The Kier molecular flexibility index (Phi) is 3.26. The topological polar surface area (TPSA) is 20.3 Å². The van der Waals surface area contributed by atoms with Crippen LogP contribution in [0.1, 0.15) is 19.3 Å². The van der Waals surface area contributed by atoms with E-state index in [1.807, 2.05) is 22.6 Å².